The Morgan fingerprint density at radius 3 is 2.80 bits per heavy atom. The van der Waals surface area contributed by atoms with Crippen LogP contribution in [0.1, 0.15) is 4.88 Å². The van der Waals surface area contributed by atoms with Crippen LogP contribution >= 0.6 is 11.3 Å². The van der Waals surface area contributed by atoms with Gasteiger partial charge in [0.15, 0.2) is 0 Å². The van der Waals surface area contributed by atoms with Crippen LogP contribution in [0.2, 0.25) is 0 Å². The molecule has 2 N–H and O–H groups in total. The number of morpholine rings is 1. The molecule has 0 saturated carbocycles. The van der Waals surface area contributed by atoms with Crippen LogP contribution in [0.5, 0.6) is 5.75 Å². The average Bonchev–Trinajstić information content (AvgIpc) is 3.10. The highest BCUT2D eigenvalue weighted by atomic mass is 32.1. The fourth-order valence-corrected chi connectivity index (χ4v) is 3.35. The van der Waals surface area contributed by atoms with Crippen molar-refractivity contribution in [1.29, 1.82) is 0 Å². The summed E-state index contributed by atoms with van der Waals surface area (Å²) in [5.41, 5.74) is 0.993. The molecule has 0 radical (unpaired) electrons. The SMILES string of the molecule is O=C(O)NCc1cnc(-c2ccc(OCCN3CCOCC3)cc2)s1. The third-order valence-corrected chi connectivity index (χ3v) is 4.90. The zero-order valence-corrected chi connectivity index (χ0v) is 14.6. The molecule has 1 aromatic heterocycles. The van der Waals surface area contributed by atoms with E-state index in [0.717, 1.165) is 54.0 Å². The summed E-state index contributed by atoms with van der Waals surface area (Å²) >= 11 is 1.47. The highest BCUT2D eigenvalue weighted by molar-refractivity contribution is 7.15. The van der Waals surface area contributed by atoms with Gasteiger partial charge in [-0.1, -0.05) is 0 Å². The number of nitrogens with one attached hydrogen (secondary N) is 1. The van der Waals surface area contributed by atoms with Crippen molar-refractivity contribution in [3.8, 4) is 16.3 Å². The molecule has 8 heteroatoms. The van der Waals surface area contributed by atoms with E-state index in [-0.39, 0.29) is 6.54 Å². The van der Waals surface area contributed by atoms with E-state index in [9.17, 15) is 4.79 Å². The van der Waals surface area contributed by atoms with E-state index in [1.54, 1.807) is 6.20 Å². The van der Waals surface area contributed by atoms with E-state index in [0.29, 0.717) is 6.61 Å². The van der Waals surface area contributed by atoms with Gasteiger partial charge in [0.1, 0.15) is 17.4 Å². The van der Waals surface area contributed by atoms with Crippen LogP contribution in [0.25, 0.3) is 10.6 Å². The molecule has 0 atom stereocenters. The molecule has 1 aromatic carbocycles. The number of nitrogens with zero attached hydrogens (tertiary/aromatic N) is 2. The molecule has 7 nitrogen and oxygen atoms in total. The van der Waals surface area contributed by atoms with Crippen molar-refractivity contribution in [3.05, 3.63) is 35.3 Å². The molecule has 134 valence electrons. The third kappa shape index (κ3) is 5.42. The molecule has 25 heavy (non-hydrogen) atoms. The maximum Gasteiger partial charge on any atom is 0.404 e. The molecular weight excluding hydrogens is 342 g/mol. The number of aromatic nitrogens is 1. The zero-order valence-electron chi connectivity index (χ0n) is 13.8. The Balaban J connectivity index is 1.49. The lowest BCUT2D eigenvalue weighted by Gasteiger charge is -2.26. The van der Waals surface area contributed by atoms with Crippen LogP contribution in [-0.2, 0) is 11.3 Å². The third-order valence-electron chi connectivity index (χ3n) is 3.85. The first-order valence-electron chi connectivity index (χ1n) is 8.15. The van der Waals surface area contributed by atoms with Gasteiger partial charge in [0.25, 0.3) is 0 Å². The van der Waals surface area contributed by atoms with Crippen molar-refractivity contribution < 1.29 is 19.4 Å². The summed E-state index contributed by atoms with van der Waals surface area (Å²) in [6.07, 6.45) is 0.663. The van der Waals surface area contributed by atoms with Gasteiger partial charge in [-0.15, -0.1) is 11.3 Å². The van der Waals surface area contributed by atoms with Gasteiger partial charge in [-0.2, -0.15) is 0 Å². The Labute approximate surface area is 150 Å². The van der Waals surface area contributed by atoms with E-state index in [1.807, 2.05) is 24.3 Å². The van der Waals surface area contributed by atoms with Crippen LogP contribution in [-0.4, -0.2) is 60.5 Å². The molecule has 0 unspecified atom stereocenters. The van der Waals surface area contributed by atoms with E-state index in [4.69, 9.17) is 14.6 Å². The van der Waals surface area contributed by atoms with Crippen LogP contribution in [0.4, 0.5) is 4.79 Å². The van der Waals surface area contributed by atoms with Crippen molar-refractivity contribution >= 4 is 17.4 Å². The first kappa shape index (κ1) is 17.7. The molecule has 0 aliphatic carbocycles. The van der Waals surface area contributed by atoms with Gasteiger partial charge in [-0.3, -0.25) is 4.90 Å². The minimum absolute atomic E-state index is 0.274. The number of amides is 1. The summed E-state index contributed by atoms with van der Waals surface area (Å²) in [6.45, 7) is 5.35. The molecule has 1 aliphatic rings. The van der Waals surface area contributed by atoms with Gasteiger partial charge in [-0.05, 0) is 24.3 Å². The summed E-state index contributed by atoms with van der Waals surface area (Å²) in [4.78, 5) is 18.1. The topological polar surface area (TPSA) is 83.9 Å². The summed E-state index contributed by atoms with van der Waals surface area (Å²) in [5, 5.41) is 11.8. The number of carbonyl (C=O) groups is 1. The van der Waals surface area contributed by atoms with E-state index in [1.165, 1.54) is 11.3 Å². The van der Waals surface area contributed by atoms with E-state index >= 15 is 0 Å². The second kappa shape index (κ2) is 8.80. The predicted molar refractivity (Wildman–Crippen MR) is 95.2 cm³/mol. The summed E-state index contributed by atoms with van der Waals surface area (Å²) in [7, 11) is 0. The molecule has 0 bridgehead atoms. The van der Waals surface area contributed by atoms with Gasteiger partial charge in [0, 0.05) is 36.3 Å². The van der Waals surface area contributed by atoms with Crippen LogP contribution in [0.3, 0.4) is 0 Å². The Morgan fingerprint density at radius 1 is 1.32 bits per heavy atom. The number of hydrogen-bond donors (Lipinski definition) is 2. The summed E-state index contributed by atoms with van der Waals surface area (Å²) < 4.78 is 11.1. The smallest absolute Gasteiger partial charge is 0.404 e. The normalized spacial score (nSPS) is 15.0. The number of thiazole rings is 1. The maximum atomic E-state index is 10.5. The van der Waals surface area contributed by atoms with Crippen molar-refractivity contribution in [1.82, 2.24) is 15.2 Å². The van der Waals surface area contributed by atoms with Crippen LogP contribution in [0.15, 0.2) is 30.5 Å². The fourth-order valence-electron chi connectivity index (χ4n) is 2.50. The zero-order chi connectivity index (χ0) is 17.5. The molecule has 2 aromatic rings. The largest absolute Gasteiger partial charge is 0.492 e. The van der Waals surface area contributed by atoms with Crippen LogP contribution < -0.4 is 10.1 Å². The van der Waals surface area contributed by atoms with Gasteiger partial charge >= 0.3 is 6.09 Å². The highest BCUT2D eigenvalue weighted by Crippen LogP contribution is 2.26. The van der Waals surface area contributed by atoms with Gasteiger partial charge < -0.3 is 19.9 Å². The standard InChI is InChI=1S/C17H21N3O4S/c21-17(22)19-12-15-11-18-16(25-15)13-1-3-14(4-2-13)24-10-7-20-5-8-23-9-6-20/h1-4,11,19H,5-10,12H2,(H,21,22). The molecular formula is C17H21N3O4S. The lowest BCUT2D eigenvalue weighted by molar-refractivity contribution is 0.0322. The van der Waals surface area contributed by atoms with Crippen LogP contribution in [0, 0.1) is 0 Å². The molecule has 1 fully saturated rings. The molecule has 0 spiro atoms. The first-order valence-corrected chi connectivity index (χ1v) is 8.97. The second-order valence-corrected chi connectivity index (χ2v) is 6.73. The lowest BCUT2D eigenvalue weighted by Crippen LogP contribution is -2.38. The molecule has 1 aliphatic heterocycles. The van der Waals surface area contributed by atoms with E-state index in [2.05, 4.69) is 15.2 Å². The Bertz CT molecular complexity index is 683. The van der Waals surface area contributed by atoms with Gasteiger partial charge in [-0.25, -0.2) is 9.78 Å². The summed E-state index contributed by atoms with van der Waals surface area (Å²) in [5.74, 6) is 0.835. The number of ether oxygens (including phenoxy) is 2. The number of benzene rings is 1. The minimum Gasteiger partial charge on any atom is -0.492 e. The lowest BCUT2D eigenvalue weighted by atomic mass is 10.2. The fraction of sp³-hybridized carbons (Fsp3) is 0.412. The number of carboxylic acid groups (broad SMARTS) is 1. The first-order chi connectivity index (χ1) is 12.2. The summed E-state index contributed by atoms with van der Waals surface area (Å²) in [6, 6.07) is 7.81. The Kier molecular flexibility index (Phi) is 6.21. The Hall–Kier alpha value is -2.16. The average molecular weight is 363 g/mol. The quantitative estimate of drug-likeness (QED) is 0.785. The number of hydrogen-bond acceptors (Lipinski definition) is 6. The van der Waals surface area contributed by atoms with Crippen molar-refractivity contribution in [3.63, 3.8) is 0 Å². The van der Waals surface area contributed by atoms with Crippen molar-refractivity contribution in [2.75, 3.05) is 39.5 Å². The molecule has 1 amide bonds. The predicted octanol–water partition coefficient (Wildman–Crippen LogP) is 2.29. The van der Waals surface area contributed by atoms with Gasteiger partial charge in [0.2, 0.25) is 0 Å². The van der Waals surface area contributed by atoms with Crippen molar-refractivity contribution in [2.24, 2.45) is 0 Å². The van der Waals surface area contributed by atoms with E-state index < -0.39 is 6.09 Å². The Morgan fingerprint density at radius 2 is 2.08 bits per heavy atom. The van der Waals surface area contributed by atoms with Gasteiger partial charge in [0.05, 0.1) is 19.8 Å². The highest BCUT2D eigenvalue weighted by Gasteiger charge is 2.10. The molecule has 1 saturated heterocycles. The molecule has 3 rings (SSSR count). The monoisotopic (exact) mass is 363 g/mol. The maximum absolute atomic E-state index is 10.5. The van der Waals surface area contributed by atoms with Crippen molar-refractivity contribution in [2.45, 2.75) is 6.54 Å². The molecule has 2 heterocycles. The minimum atomic E-state index is -1.03. The number of rotatable bonds is 7. The second-order valence-electron chi connectivity index (χ2n) is 5.62.